The van der Waals surface area contributed by atoms with Crippen LogP contribution in [-0.2, 0) is 4.79 Å². The highest BCUT2D eigenvalue weighted by Gasteiger charge is 2.12. The number of carbonyl (C=O) groups is 2. The van der Waals surface area contributed by atoms with Crippen molar-refractivity contribution >= 4 is 34.8 Å². The van der Waals surface area contributed by atoms with Gasteiger partial charge in [-0.25, -0.2) is 4.98 Å². The Balaban J connectivity index is 2.12. The number of benzene rings is 1. The molecule has 0 unspecified atom stereocenters. The van der Waals surface area contributed by atoms with Crippen molar-refractivity contribution in [1.82, 2.24) is 4.98 Å². The van der Waals surface area contributed by atoms with Crippen molar-refractivity contribution in [3.8, 4) is 0 Å². The van der Waals surface area contributed by atoms with Crippen LogP contribution >= 0.6 is 11.6 Å². The predicted octanol–water partition coefficient (Wildman–Crippen LogP) is 3.58. The molecule has 22 heavy (non-hydrogen) atoms. The molecule has 0 bridgehead atoms. The molecule has 0 saturated carbocycles. The van der Waals surface area contributed by atoms with Gasteiger partial charge >= 0.3 is 0 Å². The van der Waals surface area contributed by atoms with Gasteiger partial charge in [-0.2, -0.15) is 0 Å². The number of rotatable bonds is 4. The number of nitrogens with one attached hydrogen (secondary N) is 2. The topological polar surface area (TPSA) is 71.1 Å². The van der Waals surface area contributed by atoms with Crippen LogP contribution in [0.1, 0.15) is 24.2 Å². The van der Waals surface area contributed by atoms with Crippen LogP contribution in [0.25, 0.3) is 0 Å². The molecule has 2 N–H and O–H groups in total. The molecule has 0 aliphatic rings. The lowest BCUT2D eigenvalue weighted by Gasteiger charge is -2.10. The number of anilines is 2. The van der Waals surface area contributed by atoms with Gasteiger partial charge in [0.25, 0.3) is 5.91 Å². The second-order valence-electron chi connectivity index (χ2n) is 5.02. The Kier molecular flexibility index (Phi) is 5.12. The van der Waals surface area contributed by atoms with Crippen molar-refractivity contribution in [2.24, 2.45) is 5.92 Å². The molecule has 114 valence electrons. The molecule has 0 atom stereocenters. The van der Waals surface area contributed by atoms with Crippen molar-refractivity contribution in [2.75, 3.05) is 10.6 Å². The number of pyridine rings is 1. The van der Waals surface area contributed by atoms with Crippen molar-refractivity contribution < 1.29 is 9.59 Å². The Labute approximate surface area is 133 Å². The van der Waals surface area contributed by atoms with Crippen molar-refractivity contribution in [1.29, 1.82) is 0 Å². The lowest BCUT2D eigenvalue weighted by atomic mass is 10.2. The zero-order chi connectivity index (χ0) is 16.1. The van der Waals surface area contributed by atoms with Gasteiger partial charge in [-0.1, -0.05) is 31.5 Å². The standard InChI is InChI=1S/C16H16ClN3O2/c1-10(2)15(21)19-11-5-3-6-12(9-11)20-16(22)13-7-4-8-18-14(13)17/h3-10H,1-2H3,(H,19,21)(H,20,22). The zero-order valence-corrected chi connectivity index (χ0v) is 13.0. The second-order valence-corrected chi connectivity index (χ2v) is 5.38. The van der Waals surface area contributed by atoms with Crippen LogP contribution < -0.4 is 10.6 Å². The number of carbonyl (C=O) groups excluding carboxylic acids is 2. The molecule has 1 aromatic heterocycles. The van der Waals surface area contributed by atoms with E-state index in [1.165, 1.54) is 6.20 Å². The average Bonchev–Trinajstić information content (AvgIpc) is 2.47. The Morgan fingerprint density at radius 2 is 1.77 bits per heavy atom. The van der Waals surface area contributed by atoms with Crippen molar-refractivity contribution in [3.05, 3.63) is 53.3 Å². The lowest BCUT2D eigenvalue weighted by Crippen LogP contribution is -2.18. The number of aromatic nitrogens is 1. The monoisotopic (exact) mass is 317 g/mol. The van der Waals surface area contributed by atoms with E-state index in [-0.39, 0.29) is 22.9 Å². The first-order valence-electron chi connectivity index (χ1n) is 6.80. The summed E-state index contributed by atoms with van der Waals surface area (Å²) in [6.45, 7) is 3.62. The molecule has 0 aliphatic heterocycles. The summed E-state index contributed by atoms with van der Waals surface area (Å²) in [6.07, 6.45) is 1.52. The molecule has 5 nitrogen and oxygen atoms in total. The number of halogens is 1. The van der Waals surface area contributed by atoms with Crippen LogP contribution in [0.15, 0.2) is 42.6 Å². The number of hydrogen-bond acceptors (Lipinski definition) is 3. The second kappa shape index (κ2) is 7.04. The van der Waals surface area contributed by atoms with Crippen LogP contribution in [0.3, 0.4) is 0 Å². The van der Waals surface area contributed by atoms with E-state index in [0.717, 1.165) is 0 Å². The first-order chi connectivity index (χ1) is 10.5. The van der Waals surface area contributed by atoms with E-state index >= 15 is 0 Å². The van der Waals surface area contributed by atoms with E-state index in [0.29, 0.717) is 16.9 Å². The van der Waals surface area contributed by atoms with Crippen molar-refractivity contribution in [3.63, 3.8) is 0 Å². The predicted molar refractivity (Wildman–Crippen MR) is 87.1 cm³/mol. The minimum atomic E-state index is -0.356. The molecular weight excluding hydrogens is 302 g/mol. The lowest BCUT2D eigenvalue weighted by molar-refractivity contribution is -0.118. The summed E-state index contributed by atoms with van der Waals surface area (Å²) < 4.78 is 0. The van der Waals surface area contributed by atoms with Gasteiger partial charge in [-0.05, 0) is 30.3 Å². The molecule has 1 heterocycles. The molecular formula is C16H16ClN3O2. The van der Waals surface area contributed by atoms with Crippen LogP contribution in [0.4, 0.5) is 11.4 Å². The first-order valence-corrected chi connectivity index (χ1v) is 7.18. The Morgan fingerprint density at radius 3 is 2.41 bits per heavy atom. The molecule has 2 amide bonds. The fourth-order valence-corrected chi connectivity index (χ4v) is 1.92. The summed E-state index contributed by atoms with van der Waals surface area (Å²) in [4.78, 5) is 27.7. The molecule has 0 radical (unpaired) electrons. The van der Waals surface area contributed by atoms with Gasteiger partial charge in [-0.3, -0.25) is 9.59 Å². The quantitative estimate of drug-likeness (QED) is 0.847. The molecule has 0 aliphatic carbocycles. The van der Waals surface area contributed by atoms with Gasteiger partial charge in [0, 0.05) is 23.5 Å². The number of hydrogen-bond donors (Lipinski definition) is 2. The Bertz CT molecular complexity index is 701. The van der Waals surface area contributed by atoms with E-state index in [4.69, 9.17) is 11.6 Å². The molecule has 2 rings (SSSR count). The Morgan fingerprint density at radius 1 is 1.09 bits per heavy atom. The van der Waals surface area contributed by atoms with Gasteiger partial charge in [0.2, 0.25) is 5.91 Å². The molecule has 0 spiro atoms. The van der Waals surface area contributed by atoms with E-state index in [1.807, 2.05) is 13.8 Å². The highest BCUT2D eigenvalue weighted by atomic mass is 35.5. The minimum Gasteiger partial charge on any atom is -0.326 e. The van der Waals surface area contributed by atoms with E-state index in [2.05, 4.69) is 15.6 Å². The highest BCUT2D eigenvalue weighted by molar-refractivity contribution is 6.33. The summed E-state index contributed by atoms with van der Waals surface area (Å²) in [5.41, 5.74) is 1.47. The van der Waals surface area contributed by atoms with Crippen LogP contribution in [0, 0.1) is 5.92 Å². The highest BCUT2D eigenvalue weighted by Crippen LogP contribution is 2.18. The largest absolute Gasteiger partial charge is 0.326 e. The van der Waals surface area contributed by atoms with Gasteiger partial charge in [0.1, 0.15) is 5.15 Å². The van der Waals surface area contributed by atoms with E-state index in [9.17, 15) is 9.59 Å². The fraction of sp³-hybridized carbons (Fsp3) is 0.188. The molecule has 0 fully saturated rings. The van der Waals surface area contributed by atoms with Crippen LogP contribution in [-0.4, -0.2) is 16.8 Å². The molecule has 2 aromatic rings. The SMILES string of the molecule is CC(C)C(=O)Nc1cccc(NC(=O)c2cccnc2Cl)c1. The first kappa shape index (κ1) is 16.0. The zero-order valence-electron chi connectivity index (χ0n) is 12.3. The summed E-state index contributed by atoms with van der Waals surface area (Å²) >= 11 is 5.89. The third kappa shape index (κ3) is 4.05. The smallest absolute Gasteiger partial charge is 0.258 e. The third-order valence-corrected chi connectivity index (χ3v) is 3.22. The Hall–Kier alpha value is -2.40. The van der Waals surface area contributed by atoms with Crippen molar-refractivity contribution in [2.45, 2.75) is 13.8 Å². The van der Waals surface area contributed by atoms with E-state index < -0.39 is 0 Å². The molecule has 0 saturated heterocycles. The van der Waals surface area contributed by atoms with Crippen LogP contribution in [0.5, 0.6) is 0 Å². The fourth-order valence-electron chi connectivity index (χ4n) is 1.72. The molecule has 6 heteroatoms. The van der Waals surface area contributed by atoms with Gasteiger partial charge in [0.05, 0.1) is 5.56 Å². The van der Waals surface area contributed by atoms with Gasteiger partial charge in [-0.15, -0.1) is 0 Å². The maximum atomic E-state index is 12.2. The van der Waals surface area contributed by atoms with Crippen LogP contribution in [0.2, 0.25) is 5.15 Å². The summed E-state index contributed by atoms with van der Waals surface area (Å²) in [5.74, 6) is -0.559. The normalized spacial score (nSPS) is 10.4. The summed E-state index contributed by atoms with van der Waals surface area (Å²) in [5, 5.41) is 5.65. The summed E-state index contributed by atoms with van der Waals surface area (Å²) in [7, 11) is 0. The third-order valence-electron chi connectivity index (χ3n) is 2.92. The van der Waals surface area contributed by atoms with E-state index in [1.54, 1.807) is 36.4 Å². The number of amides is 2. The summed E-state index contributed by atoms with van der Waals surface area (Å²) in [6, 6.07) is 10.1. The average molecular weight is 318 g/mol. The minimum absolute atomic E-state index is 0.0845. The number of nitrogens with zero attached hydrogens (tertiary/aromatic N) is 1. The van der Waals surface area contributed by atoms with Gasteiger partial charge in [0.15, 0.2) is 0 Å². The maximum absolute atomic E-state index is 12.2. The maximum Gasteiger partial charge on any atom is 0.258 e. The van der Waals surface area contributed by atoms with Gasteiger partial charge < -0.3 is 10.6 Å². The molecule has 1 aromatic carbocycles.